The van der Waals surface area contributed by atoms with Gasteiger partial charge < -0.3 is 13.9 Å². The second kappa shape index (κ2) is 6.13. The van der Waals surface area contributed by atoms with Gasteiger partial charge in [0.25, 0.3) is 0 Å². The number of benzene rings is 2. The third-order valence-electron chi connectivity index (χ3n) is 4.15. The van der Waals surface area contributed by atoms with E-state index in [-0.39, 0.29) is 11.9 Å². The molecule has 1 atom stereocenters. The quantitative estimate of drug-likeness (QED) is 0.508. The molecule has 1 aromatic heterocycles. The molecule has 0 aliphatic carbocycles. The standard InChI is InChI=1S/C20H18O4/c1-2-14-10-16-17(24-14)8-9-18(23-12-15-11-22-15)19(16)20(21)13-6-4-3-5-7-13/h3-10,15H,2,11-12H2,1H3. The van der Waals surface area contributed by atoms with E-state index in [9.17, 15) is 4.79 Å². The van der Waals surface area contributed by atoms with Crippen molar-refractivity contribution < 1.29 is 18.7 Å². The summed E-state index contributed by atoms with van der Waals surface area (Å²) in [5, 5.41) is 0.801. The highest BCUT2D eigenvalue weighted by Crippen LogP contribution is 2.33. The van der Waals surface area contributed by atoms with Crippen LogP contribution in [0.2, 0.25) is 0 Å². The Balaban J connectivity index is 1.82. The van der Waals surface area contributed by atoms with E-state index >= 15 is 0 Å². The first kappa shape index (κ1) is 15.0. The molecule has 1 aliphatic rings. The fourth-order valence-corrected chi connectivity index (χ4v) is 2.75. The average molecular weight is 322 g/mol. The highest BCUT2D eigenvalue weighted by Gasteiger charge is 2.26. The highest BCUT2D eigenvalue weighted by atomic mass is 16.6. The van der Waals surface area contributed by atoms with E-state index in [0.717, 1.165) is 24.2 Å². The van der Waals surface area contributed by atoms with Crippen LogP contribution in [0.5, 0.6) is 5.75 Å². The van der Waals surface area contributed by atoms with E-state index in [2.05, 4.69) is 0 Å². The van der Waals surface area contributed by atoms with E-state index in [0.29, 0.717) is 29.1 Å². The minimum atomic E-state index is -0.0589. The molecule has 0 spiro atoms. The molecule has 1 unspecified atom stereocenters. The van der Waals surface area contributed by atoms with Gasteiger partial charge in [-0.1, -0.05) is 37.3 Å². The number of hydrogen-bond donors (Lipinski definition) is 0. The zero-order valence-corrected chi connectivity index (χ0v) is 13.5. The van der Waals surface area contributed by atoms with Gasteiger partial charge in [0.2, 0.25) is 0 Å². The van der Waals surface area contributed by atoms with Gasteiger partial charge in [-0.05, 0) is 18.2 Å². The van der Waals surface area contributed by atoms with Gasteiger partial charge in [-0.3, -0.25) is 4.79 Å². The second-order valence-electron chi connectivity index (χ2n) is 5.88. The van der Waals surface area contributed by atoms with Crippen LogP contribution in [-0.2, 0) is 11.2 Å². The first-order chi connectivity index (χ1) is 11.8. The smallest absolute Gasteiger partial charge is 0.197 e. The Kier molecular flexibility index (Phi) is 3.82. The molecule has 1 aliphatic heterocycles. The maximum atomic E-state index is 13.1. The SMILES string of the molecule is CCc1cc2c(C(=O)c3ccccc3)c(OCC3CO3)ccc2o1. The molecule has 1 saturated heterocycles. The molecule has 1 fully saturated rings. The number of aryl methyl sites for hydroxylation is 1. The molecule has 0 saturated carbocycles. The highest BCUT2D eigenvalue weighted by molar-refractivity contribution is 6.17. The predicted molar refractivity (Wildman–Crippen MR) is 90.7 cm³/mol. The van der Waals surface area contributed by atoms with E-state index in [1.165, 1.54) is 0 Å². The minimum absolute atomic E-state index is 0.0589. The van der Waals surface area contributed by atoms with Crippen molar-refractivity contribution >= 4 is 16.8 Å². The van der Waals surface area contributed by atoms with Gasteiger partial charge in [0.15, 0.2) is 5.78 Å². The number of epoxide rings is 1. The van der Waals surface area contributed by atoms with E-state index < -0.39 is 0 Å². The lowest BCUT2D eigenvalue weighted by Crippen LogP contribution is -2.09. The molecule has 122 valence electrons. The van der Waals surface area contributed by atoms with Crippen molar-refractivity contribution in [2.24, 2.45) is 0 Å². The Morgan fingerprint density at radius 3 is 2.71 bits per heavy atom. The molecule has 4 heteroatoms. The van der Waals surface area contributed by atoms with Crippen molar-refractivity contribution in [3.63, 3.8) is 0 Å². The summed E-state index contributed by atoms with van der Waals surface area (Å²) in [6, 6.07) is 14.9. The Bertz CT molecular complexity index is 875. The van der Waals surface area contributed by atoms with Crippen LogP contribution in [-0.4, -0.2) is 25.1 Å². The summed E-state index contributed by atoms with van der Waals surface area (Å²) in [5.74, 6) is 1.38. The van der Waals surface area contributed by atoms with Gasteiger partial charge in [0.1, 0.15) is 29.8 Å². The first-order valence-electron chi connectivity index (χ1n) is 8.16. The van der Waals surface area contributed by atoms with Crippen molar-refractivity contribution in [3.05, 3.63) is 65.4 Å². The van der Waals surface area contributed by atoms with Gasteiger partial charge >= 0.3 is 0 Å². The fraction of sp³-hybridized carbons (Fsp3) is 0.250. The number of hydrogen-bond acceptors (Lipinski definition) is 4. The average Bonchev–Trinajstić information content (AvgIpc) is 3.36. The Hall–Kier alpha value is -2.59. The number of ketones is 1. The molecular weight excluding hydrogens is 304 g/mol. The summed E-state index contributed by atoms with van der Waals surface area (Å²) in [6.07, 6.45) is 0.913. The van der Waals surface area contributed by atoms with E-state index in [1.807, 2.05) is 55.5 Å². The molecule has 24 heavy (non-hydrogen) atoms. The summed E-state index contributed by atoms with van der Waals surface area (Å²) in [6.45, 7) is 3.20. The number of ether oxygens (including phenoxy) is 2. The Labute approximate surface area is 140 Å². The summed E-state index contributed by atoms with van der Waals surface area (Å²) >= 11 is 0. The van der Waals surface area contributed by atoms with Crippen LogP contribution in [0, 0.1) is 0 Å². The van der Waals surface area contributed by atoms with Gasteiger partial charge in [-0.2, -0.15) is 0 Å². The number of carbonyl (C=O) groups excluding carboxylic acids is 1. The third-order valence-corrected chi connectivity index (χ3v) is 4.15. The Morgan fingerprint density at radius 1 is 1.21 bits per heavy atom. The minimum Gasteiger partial charge on any atom is -0.490 e. The molecule has 2 aromatic carbocycles. The van der Waals surface area contributed by atoms with Crippen LogP contribution >= 0.6 is 0 Å². The molecule has 4 rings (SSSR count). The monoisotopic (exact) mass is 322 g/mol. The normalized spacial score (nSPS) is 16.3. The van der Waals surface area contributed by atoms with Crippen LogP contribution in [0.25, 0.3) is 11.0 Å². The van der Waals surface area contributed by atoms with Gasteiger partial charge in [-0.15, -0.1) is 0 Å². The Morgan fingerprint density at radius 2 is 2.00 bits per heavy atom. The predicted octanol–water partition coefficient (Wildman–Crippen LogP) is 4.00. The third kappa shape index (κ3) is 2.81. The molecule has 0 radical (unpaired) electrons. The van der Waals surface area contributed by atoms with Crippen molar-refractivity contribution in [3.8, 4) is 5.75 Å². The van der Waals surface area contributed by atoms with Crippen molar-refractivity contribution in [2.75, 3.05) is 13.2 Å². The lowest BCUT2D eigenvalue weighted by Gasteiger charge is -2.11. The molecule has 0 bridgehead atoms. The zero-order chi connectivity index (χ0) is 16.5. The molecular formula is C20H18O4. The maximum Gasteiger partial charge on any atom is 0.197 e. The molecule has 0 N–H and O–H groups in total. The second-order valence-corrected chi connectivity index (χ2v) is 5.88. The van der Waals surface area contributed by atoms with Gasteiger partial charge in [-0.25, -0.2) is 0 Å². The maximum absolute atomic E-state index is 13.1. The number of carbonyl (C=O) groups is 1. The van der Waals surface area contributed by atoms with Crippen molar-refractivity contribution in [2.45, 2.75) is 19.4 Å². The number of furan rings is 1. The summed E-state index contributed by atoms with van der Waals surface area (Å²) in [4.78, 5) is 13.1. The summed E-state index contributed by atoms with van der Waals surface area (Å²) in [5.41, 5.74) is 1.90. The molecule has 0 amide bonds. The molecule has 3 aromatic rings. The summed E-state index contributed by atoms with van der Waals surface area (Å²) in [7, 11) is 0. The molecule has 4 nitrogen and oxygen atoms in total. The van der Waals surface area contributed by atoms with Gasteiger partial charge in [0, 0.05) is 17.4 Å². The van der Waals surface area contributed by atoms with E-state index in [4.69, 9.17) is 13.9 Å². The van der Waals surface area contributed by atoms with Crippen LogP contribution in [0.3, 0.4) is 0 Å². The van der Waals surface area contributed by atoms with Crippen LogP contribution < -0.4 is 4.74 Å². The topological polar surface area (TPSA) is 52.0 Å². The largest absolute Gasteiger partial charge is 0.490 e. The molecule has 2 heterocycles. The van der Waals surface area contributed by atoms with Crippen LogP contribution in [0.15, 0.2) is 52.9 Å². The summed E-state index contributed by atoms with van der Waals surface area (Å²) < 4.78 is 16.9. The van der Waals surface area contributed by atoms with Crippen molar-refractivity contribution in [1.29, 1.82) is 0 Å². The van der Waals surface area contributed by atoms with Gasteiger partial charge in [0.05, 0.1) is 12.2 Å². The number of rotatable bonds is 6. The lowest BCUT2D eigenvalue weighted by atomic mass is 9.99. The van der Waals surface area contributed by atoms with Crippen molar-refractivity contribution in [1.82, 2.24) is 0 Å². The number of fused-ring (bicyclic) bond motifs is 1. The van der Waals surface area contributed by atoms with E-state index in [1.54, 1.807) is 0 Å². The lowest BCUT2D eigenvalue weighted by molar-refractivity contribution is 0.103. The first-order valence-corrected chi connectivity index (χ1v) is 8.16. The zero-order valence-electron chi connectivity index (χ0n) is 13.5. The van der Waals surface area contributed by atoms with Crippen LogP contribution in [0.1, 0.15) is 28.6 Å². The fourth-order valence-electron chi connectivity index (χ4n) is 2.75. The van der Waals surface area contributed by atoms with Crippen LogP contribution in [0.4, 0.5) is 0 Å².